The molecule has 0 bridgehead atoms. The number of amides is 1. The van der Waals surface area contributed by atoms with Gasteiger partial charge in [-0.15, -0.1) is 0 Å². The van der Waals surface area contributed by atoms with E-state index in [-0.39, 0.29) is 24.2 Å². The van der Waals surface area contributed by atoms with Gasteiger partial charge in [-0.1, -0.05) is 0 Å². The summed E-state index contributed by atoms with van der Waals surface area (Å²) in [6, 6.07) is 4.64. The lowest BCUT2D eigenvalue weighted by molar-refractivity contribution is -0.385. The monoisotopic (exact) mass is 278 g/mol. The second-order valence-electron chi connectivity index (χ2n) is 5.19. The van der Waals surface area contributed by atoms with E-state index >= 15 is 0 Å². The van der Waals surface area contributed by atoms with Crippen LogP contribution in [-0.2, 0) is 4.79 Å². The molecular weight excluding hydrogens is 260 g/mol. The van der Waals surface area contributed by atoms with Crippen molar-refractivity contribution in [3.05, 3.63) is 33.9 Å². The van der Waals surface area contributed by atoms with E-state index in [4.69, 9.17) is 4.74 Å². The van der Waals surface area contributed by atoms with E-state index in [1.165, 1.54) is 25.0 Å². The van der Waals surface area contributed by atoms with Crippen molar-refractivity contribution >= 4 is 11.6 Å². The fourth-order valence-electron chi connectivity index (χ4n) is 2.08. The van der Waals surface area contributed by atoms with Crippen LogP contribution in [0.1, 0.15) is 25.3 Å². The first-order chi connectivity index (χ1) is 9.47. The fourth-order valence-corrected chi connectivity index (χ4v) is 2.08. The molecule has 0 radical (unpaired) electrons. The molecule has 0 aromatic heterocycles. The zero-order chi connectivity index (χ0) is 14.7. The molecule has 1 amide bonds. The third-order valence-electron chi connectivity index (χ3n) is 3.45. The third kappa shape index (κ3) is 3.69. The van der Waals surface area contributed by atoms with Crippen molar-refractivity contribution in [3.63, 3.8) is 0 Å². The van der Waals surface area contributed by atoms with Gasteiger partial charge >= 0.3 is 0 Å². The van der Waals surface area contributed by atoms with Crippen LogP contribution in [0.3, 0.4) is 0 Å². The number of nitrogens with one attached hydrogen (secondary N) is 1. The SMILES string of the molecule is Cc1cc(OCC(=O)N[C@H](C)C2CC2)ccc1[N+](=O)[O-]. The zero-order valence-electron chi connectivity index (χ0n) is 11.6. The summed E-state index contributed by atoms with van der Waals surface area (Å²) in [6.07, 6.45) is 2.34. The number of rotatable bonds is 6. The van der Waals surface area contributed by atoms with Gasteiger partial charge < -0.3 is 10.1 Å². The molecule has 0 heterocycles. The van der Waals surface area contributed by atoms with Crippen LogP contribution in [0.2, 0.25) is 0 Å². The molecule has 1 aromatic rings. The summed E-state index contributed by atoms with van der Waals surface area (Å²) in [5.74, 6) is 0.892. The summed E-state index contributed by atoms with van der Waals surface area (Å²) < 4.78 is 5.35. The first-order valence-corrected chi connectivity index (χ1v) is 6.64. The van der Waals surface area contributed by atoms with E-state index in [2.05, 4.69) is 5.32 Å². The van der Waals surface area contributed by atoms with Crippen LogP contribution in [0, 0.1) is 23.0 Å². The van der Waals surface area contributed by atoms with Gasteiger partial charge in [-0.05, 0) is 44.7 Å². The number of aryl methyl sites for hydroxylation is 1. The summed E-state index contributed by atoms with van der Waals surface area (Å²) in [5, 5.41) is 13.6. The van der Waals surface area contributed by atoms with Gasteiger partial charge in [0.2, 0.25) is 0 Å². The maximum atomic E-state index is 11.7. The number of nitrogens with zero attached hydrogens (tertiary/aromatic N) is 1. The molecule has 0 unspecified atom stereocenters. The van der Waals surface area contributed by atoms with Gasteiger partial charge in [0.25, 0.3) is 11.6 Å². The van der Waals surface area contributed by atoms with Crippen LogP contribution < -0.4 is 10.1 Å². The lowest BCUT2D eigenvalue weighted by Crippen LogP contribution is -2.37. The number of carbonyl (C=O) groups excluding carboxylic acids is 1. The predicted octanol–water partition coefficient (Wildman–Crippen LogP) is 2.20. The molecule has 1 atom stereocenters. The van der Waals surface area contributed by atoms with Gasteiger partial charge in [0.15, 0.2) is 6.61 Å². The number of hydrogen-bond donors (Lipinski definition) is 1. The van der Waals surface area contributed by atoms with Crippen LogP contribution in [0.5, 0.6) is 5.75 Å². The minimum absolute atomic E-state index is 0.0455. The molecule has 1 N–H and O–H groups in total. The Balaban J connectivity index is 1.85. The first-order valence-electron chi connectivity index (χ1n) is 6.64. The van der Waals surface area contributed by atoms with E-state index in [9.17, 15) is 14.9 Å². The van der Waals surface area contributed by atoms with Crippen LogP contribution in [-0.4, -0.2) is 23.5 Å². The van der Waals surface area contributed by atoms with Crippen molar-refractivity contribution in [1.29, 1.82) is 0 Å². The Hall–Kier alpha value is -2.11. The molecule has 1 aromatic carbocycles. The van der Waals surface area contributed by atoms with E-state index in [0.29, 0.717) is 17.2 Å². The summed E-state index contributed by atoms with van der Waals surface area (Å²) in [6.45, 7) is 3.56. The quantitative estimate of drug-likeness (QED) is 0.639. The molecule has 1 fully saturated rings. The van der Waals surface area contributed by atoms with Gasteiger partial charge in [0.1, 0.15) is 5.75 Å². The summed E-state index contributed by atoms with van der Waals surface area (Å²) >= 11 is 0. The van der Waals surface area contributed by atoms with Gasteiger partial charge in [0, 0.05) is 17.7 Å². The Kier molecular flexibility index (Phi) is 4.22. The number of hydrogen-bond acceptors (Lipinski definition) is 4. The highest BCUT2D eigenvalue weighted by molar-refractivity contribution is 5.77. The molecule has 108 valence electrons. The smallest absolute Gasteiger partial charge is 0.272 e. The molecule has 2 rings (SSSR count). The van der Waals surface area contributed by atoms with Crippen molar-refractivity contribution in [2.24, 2.45) is 5.92 Å². The highest BCUT2D eigenvalue weighted by Gasteiger charge is 2.28. The summed E-state index contributed by atoms with van der Waals surface area (Å²) in [5.41, 5.74) is 0.559. The molecule has 20 heavy (non-hydrogen) atoms. The van der Waals surface area contributed by atoms with Crippen LogP contribution in [0.15, 0.2) is 18.2 Å². The van der Waals surface area contributed by atoms with Crippen LogP contribution in [0.4, 0.5) is 5.69 Å². The average molecular weight is 278 g/mol. The number of nitro benzene ring substituents is 1. The fraction of sp³-hybridized carbons (Fsp3) is 0.500. The van der Waals surface area contributed by atoms with E-state index in [1.54, 1.807) is 13.0 Å². The van der Waals surface area contributed by atoms with Gasteiger partial charge in [0.05, 0.1) is 4.92 Å². The molecule has 0 spiro atoms. The minimum Gasteiger partial charge on any atom is -0.484 e. The lowest BCUT2D eigenvalue weighted by Gasteiger charge is -2.13. The Labute approximate surface area is 117 Å². The van der Waals surface area contributed by atoms with Crippen LogP contribution in [0.25, 0.3) is 0 Å². The normalized spacial score (nSPS) is 15.5. The average Bonchev–Trinajstić information content (AvgIpc) is 3.20. The van der Waals surface area contributed by atoms with Crippen molar-refractivity contribution < 1.29 is 14.5 Å². The van der Waals surface area contributed by atoms with Gasteiger partial charge in [-0.3, -0.25) is 14.9 Å². The Morgan fingerprint density at radius 3 is 2.80 bits per heavy atom. The molecule has 6 nitrogen and oxygen atoms in total. The second-order valence-corrected chi connectivity index (χ2v) is 5.19. The van der Waals surface area contributed by atoms with Crippen molar-refractivity contribution in [3.8, 4) is 5.75 Å². The van der Waals surface area contributed by atoms with Crippen LogP contribution >= 0.6 is 0 Å². The van der Waals surface area contributed by atoms with Crippen molar-refractivity contribution in [1.82, 2.24) is 5.32 Å². The van der Waals surface area contributed by atoms with Gasteiger partial charge in [-0.25, -0.2) is 0 Å². The Morgan fingerprint density at radius 1 is 1.55 bits per heavy atom. The van der Waals surface area contributed by atoms with Crippen molar-refractivity contribution in [2.45, 2.75) is 32.7 Å². The number of ether oxygens (including phenoxy) is 1. The third-order valence-corrected chi connectivity index (χ3v) is 3.45. The Bertz CT molecular complexity index is 526. The maximum Gasteiger partial charge on any atom is 0.272 e. The predicted molar refractivity (Wildman–Crippen MR) is 73.7 cm³/mol. The van der Waals surface area contributed by atoms with E-state index in [1.807, 2.05) is 6.92 Å². The molecule has 1 aliphatic rings. The lowest BCUT2D eigenvalue weighted by atomic mass is 10.2. The topological polar surface area (TPSA) is 81.5 Å². The molecule has 0 aliphatic heterocycles. The summed E-state index contributed by atoms with van der Waals surface area (Å²) in [7, 11) is 0. The standard InChI is InChI=1S/C14H18N2O4/c1-9-7-12(5-6-13(9)16(18)19)20-8-14(17)15-10(2)11-3-4-11/h5-7,10-11H,3-4,8H2,1-2H3,(H,15,17)/t10-/m1/s1. The minimum atomic E-state index is -0.441. The highest BCUT2D eigenvalue weighted by Crippen LogP contribution is 2.32. The zero-order valence-corrected chi connectivity index (χ0v) is 11.6. The Morgan fingerprint density at radius 2 is 2.25 bits per heavy atom. The second kappa shape index (κ2) is 5.90. The van der Waals surface area contributed by atoms with Gasteiger partial charge in [-0.2, -0.15) is 0 Å². The largest absolute Gasteiger partial charge is 0.484 e. The number of benzene rings is 1. The molecule has 1 saturated carbocycles. The van der Waals surface area contributed by atoms with Crippen molar-refractivity contribution in [2.75, 3.05) is 6.61 Å². The molecule has 1 aliphatic carbocycles. The maximum absolute atomic E-state index is 11.7. The number of carbonyl (C=O) groups is 1. The molecule has 0 saturated heterocycles. The highest BCUT2D eigenvalue weighted by atomic mass is 16.6. The summed E-state index contributed by atoms with van der Waals surface area (Å²) in [4.78, 5) is 21.9. The molecule has 6 heteroatoms. The molecular formula is C14H18N2O4. The first kappa shape index (κ1) is 14.3. The van der Waals surface area contributed by atoms with E-state index < -0.39 is 4.92 Å². The van der Waals surface area contributed by atoms with E-state index in [0.717, 1.165) is 0 Å². The number of nitro groups is 1.